The van der Waals surface area contributed by atoms with Crippen molar-refractivity contribution >= 4 is 28.8 Å². The third-order valence-corrected chi connectivity index (χ3v) is 2.89. The van der Waals surface area contributed by atoms with Crippen LogP contribution in [0.5, 0.6) is 0 Å². The summed E-state index contributed by atoms with van der Waals surface area (Å²) in [5.74, 6) is 5.41. The van der Waals surface area contributed by atoms with Crippen LogP contribution in [0.4, 0.5) is 17.5 Å². The normalized spacial score (nSPS) is 10.2. The van der Waals surface area contributed by atoms with Gasteiger partial charge in [0.15, 0.2) is 0 Å². The Hall–Kier alpha value is -2.33. The Balaban J connectivity index is 2.06. The van der Waals surface area contributed by atoms with E-state index < -0.39 is 4.92 Å². The lowest BCUT2D eigenvalue weighted by atomic mass is 10.3. The fraction of sp³-hybridized carbons (Fsp3) is 0.222. The molecule has 0 aliphatic heterocycles. The van der Waals surface area contributed by atoms with Crippen molar-refractivity contribution < 1.29 is 4.92 Å². The fourth-order valence-corrected chi connectivity index (χ4v) is 1.97. The lowest BCUT2D eigenvalue weighted by Crippen LogP contribution is -2.14. The smallest absolute Gasteiger partial charge is 0.329 e. The maximum absolute atomic E-state index is 10.8. The van der Waals surface area contributed by atoms with Crippen LogP contribution < -0.4 is 16.6 Å². The third kappa shape index (κ3) is 3.33. The number of nitrogens with one attached hydrogen (secondary N) is 2. The molecule has 4 N–H and O–H groups in total. The van der Waals surface area contributed by atoms with Gasteiger partial charge in [-0.15, -0.1) is 11.3 Å². The molecule has 0 saturated carbocycles. The molecule has 0 amide bonds. The van der Waals surface area contributed by atoms with Crippen molar-refractivity contribution in [3.8, 4) is 0 Å². The van der Waals surface area contributed by atoms with Gasteiger partial charge in [-0.25, -0.2) is 15.8 Å². The molecule has 0 aliphatic rings. The summed E-state index contributed by atoms with van der Waals surface area (Å²) in [6.45, 7) is 0.478. The number of aromatic nitrogens is 3. The lowest BCUT2D eigenvalue weighted by molar-refractivity contribution is -0.384. The number of nitrogen functional groups attached to an aromatic ring is 1. The molecule has 10 heteroatoms. The van der Waals surface area contributed by atoms with Crippen molar-refractivity contribution in [1.29, 1.82) is 0 Å². The second kappa shape index (κ2) is 6.02. The van der Waals surface area contributed by atoms with Gasteiger partial charge in [-0.2, -0.15) is 4.98 Å². The number of anilines is 2. The second-order valence-electron chi connectivity index (χ2n) is 3.49. The van der Waals surface area contributed by atoms with E-state index >= 15 is 0 Å². The van der Waals surface area contributed by atoms with Crippen molar-refractivity contribution in [2.24, 2.45) is 5.84 Å². The molecule has 0 saturated heterocycles. The van der Waals surface area contributed by atoms with Crippen molar-refractivity contribution in [1.82, 2.24) is 15.0 Å². The molecule has 0 radical (unpaired) electrons. The van der Waals surface area contributed by atoms with Gasteiger partial charge in [-0.05, 0) is 0 Å². The first-order valence-electron chi connectivity index (χ1n) is 5.29. The monoisotopic (exact) mass is 281 g/mol. The minimum atomic E-state index is -0.550. The summed E-state index contributed by atoms with van der Waals surface area (Å²) in [6, 6.07) is 0. The summed E-state index contributed by atoms with van der Waals surface area (Å²) in [5.41, 5.74) is 4.70. The van der Waals surface area contributed by atoms with Gasteiger partial charge in [-0.1, -0.05) is 0 Å². The number of nitrogens with two attached hydrogens (primary N) is 1. The molecule has 2 rings (SSSR count). The van der Waals surface area contributed by atoms with Crippen LogP contribution in [-0.4, -0.2) is 26.4 Å². The van der Waals surface area contributed by atoms with Crippen molar-refractivity contribution in [2.45, 2.75) is 6.42 Å². The van der Waals surface area contributed by atoms with E-state index in [1.165, 1.54) is 11.3 Å². The number of hydrazine groups is 1. The van der Waals surface area contributed by atoms with Gasteiger partial charge >= 0.3 is 5.69 Å². The van der Waals surface area contributed by atoms with Crippen LogP contribution in [0.2, 0.25) is 0 Å². The highest BCUT2D eigenvalue weighted by molar-refractivity contribution is 7.07. The van der Waals surface area contributed by atoms with E-state index in [-0.39, 0.29) is 17.5 Å². The van der Waals surface area contributed by atoms with E-state index in [0.717, 1.165) is 11.9 Å². The molecule has 0 fully saturated rings. The first-order valence-corrected chi connectivity index (χ1v) is 6.24. The average molecular weight is 281 g/mol. The Bertz CT molecular complexity index is 560. The SMILES string of the molecule is NNc1ncc([N+](=O)[O-])c(NCCc2cscn2)n1. The first-order chi connectivity index (χ1) is 9.20. The summed E-state index contributed by atoms with van der Waals surface area (Å²) in [7, 11) is 0. The van der Waals surface area contributed by atoms with E-state index in [0.29, 0.717) is 13.0 Å². The van der Waals surface area contributed by atoms with Gasteiger partial charge in [0.2, 0.25) is 11.8 Å². The van der Waals surface area contributed by atoms with Gasteiger partial charge < -0.3 is 5.32 Å². The minimum Gasteiger partial charge on any atom is -0.364 e. The van der Waals surface area contributed by atoms with E-state index in [9.17, 15) is 10.1 Å². The largest absolute Gasteiger partial charge is 0.364 e. The van der Waals surface area contributed by atoms with Crippen LogP contribution in [0.25, 0.3) is 0 Å². The Morgan fingerprint density at radius 3 is 2.95 bits per heavy atom. The Labute approximate surface area is 112 Å². The fourth-order valence-electron chi connectivity index (χ4n) is 1.38. The van der Waals surface area contributed by atoms with Gasteiger partial charge in [0.05, 0.1) is 16.1 Å². The summed E-state index contributed by atoms with van der Waals surface area (Å²) in [4.78, 5) is 22.0. The molecule has 0 unspecified atom stereocenters. The number of nitrogens with zero attached hydrogens (tertiary/aromatic N) is 4. The predicted molar refractivity (Wildman–Crippen MR) is 70.8 cm³/mol. The highest BCUT2D eigenvalue weighted by Gasteiger charge is 2.16. The maximum Gasteiger partial charge on any atom is 0.329 e. The summed E-state index contributed by atoms with van der Waals surface area (Å²) in [6.07, 6.45) is 1.75. The van der Waals surface area contributed by atoms with E-state index in [2.05, 4.69) is 25.7 Å². The summed E-state index contributed by atoms with van der Waals surface area (Å²) < 4.78 is 0. The van der Waals surface area contributed by atoms with Crippen molar-refractivity contribution in [3.63, 3.8) is 0 Å². The van der Waals surface area contributed by atoms with Crippen LogP contribution in [0.1, 0.15) is 5.69 Å². The zero-order valence-electron chi connectivity index (χ0n) is 9.74. The van der Waals surface area contributed by atoms with Crippen molar-refractivity contribution in [2.75, 3.05) is 17.3 Å². The van der Waals surface area contributed by atoms with E-state index in [1.54, 1.807) is 5.51 Å². The van der Waals surface area contributed by atoms with Crippen LogP contribution in [-0.2, 0) is 6.42 Å². The second-order valence-corrected chi connectivity index (χ2v) is 4.20. The van der Waals surface area contributed by atoms with Gasteiger partial charge in [0, 0.05) is 18.3 Å². The zero-order chi connectivity index (χ0) is 13.7. The van der Waals surface area contributed by atoms with Crippen LogP contribution in [0.15, 0.2) is 17.1 Å². The Morgan fingerprint density at radius 1 is 1.47 bits per heavy atom. The van der Waals surface area contributed by atoms with Gasteiger partial charge in [0.1, 0.15) is 6.20 Å². The molecule has 2 aromatic rings. The van der Waals surface area contributed by atoms with Crippen LogP contribution >= 0.6 is 11.3 Å². The highest BCUT2D eigenvalue weighted by atomic mass is 32.1. The van der Waals surface area contributed by atoms with E-state index in [1.807, 2.05) is 5.38 Å². The molecular weight excluding hydrogens is 270 g/mol. The molecule has 0 aliphatic carbocycles. The third-order valence-electron chi connectivity index (χ3n) is 2.25. The summed E-state index contributed by atoms with van der Waals surface area (Å²) >= 11 is 1.50. The minimum absolute atomic E-state index is 0.113. The number of hydrogen-bond acceptors (Lipinski definition) is 9. The molecule has 2 aromatic heterocycles. The van der Waals surface area contributed by atoms with E-state index in [4.69, 9.17) is 5.84 Å². The van der Waals surface area contributed by atoms with Gasteiger partial charge in [0.25, 0.3) is 0 Å². The summed E-state index contributed by atoms with van der Waals surface area (Å²) in [5, 5.41) is 15.6. The molecular formula is C9H11N7O2S. The first kappa shape index (κ1) is 13.1. The molecule has 0 atom stereocenters. The number of nitro groups is 1. The lowest BCUT2D eigenvalue weighted by Gasteiger charge is -2.06. The Morgan fingerprint density at radius 2 is 2.32 bits per heavy atom. The molecule has 2 heterocycles. The number of hydrogen-bond donors (Lipinski definition) is 3. The predicted octanol–water partition coefficient (Wildman–Crippen LogP) is 0.781. The average Bonchev–Trinajstić information content (AvgIpc) is 2.91. The molecule has 0 bridgehead atoms. The van der Waals surface area contributed by atoms with Gasteiger partial charge in [-0.3, -0.25) is 15.5 Å². The standard InChI is InChI=1S/C9H11N7O2S/c10-15-9-12-3-7(16(17)18)8(14-9)11-2-1-6-4-19-5-13-6/h3-5H,1-2,10H2,(H2,11,12,14,15). The molecule has 100 valence electrons. The van der Waals surface area contributed by atoms with Crippen LogP contribution in [0, 0.1) is 10.1 Å². The van der Waals surface area contributed by atoms with Crippen LogP contribution in [0.3, 0.4) is 0 Å². The zero-order valence-corrected chi connectivity index (χ0v) is 10.6. The molecule has 0 aromatic carbocycles. The molecule has 9 nitrogen and oxygen atoms in total. The maximum atomic E-state index is 10.8. The highest BCUT2D eigenvalue weighted by Crippen LogP contribution is 2.21. The Kier molecular flexibility index (Phi) is 4.15. The van der Waals surface area contributed by atoms with Crippen molar-refractivity contribution in [3.05, 3.63) is 32.9 Å². The molecule has 19 heavy (non-hydrogen) atoms. The quantitative estimate of drug-likeness (QED) is 0.402. The number of rotatable bonds is 6. The topological polar surface area (TPSA) is 132 Å². The molecule has 0 spiro atoms. The number of thiazole rings is 1.